The molecule has 3 heteroatoms. The Balaban J connectivity index is 2.58. The van der Waals surface area contributed by atoms with Crippen LogP contribution < -0.4 is 5.32 Å². The lowest BCUT2D eigenvalue weighted by atomic mass is 10.1. The van der Waals surface area contributed by atoms with Gasteiger partial charge in [0.15, 0.2) is 0 Å². The highest BCUT2D eigenvalue weighted by atomic mass is 16.2. The number of carbonyl (C=O) groups excluding carboxylic acids is 1. The number of hydrogen-bond acceptors (Lipinski definition) is 2. The van der Waals surface area contributed by atoms with Crippen LogP contribution in [0.4, 0.5) is 0 Å². The quantitative estimate of drug-likeness (QED) is 0.855. The molecule has 1 amide bonds. The van der Waals surface area contributed by atoms with Crippen molar-refractivity contribution in [2.24, 2.45) is 0 Å². The van der Waals surface area contributed by atoms with Crippen molar-refractivity contribution in [2.45, 2.75) is 47.2 Å². The molecular weight excluding hydrogens is 236 g/mol. The zero-order valence-corrected chi connectivity index (χ0v) is 12.8. The summed E-state index contributed by atoms with van der Waals surface area (Å²) in [5, 5.41) is 3.03. The Kier molecular flexibility index (Phi) is 6.03. The molecule has 0 radical (unpaired) electrons. The summed E-state index contributed by atoms with van der Waals surface area (Å²) in [6.07, 6.45) is 0. The lowest BCUT2D eigenvalue weighted by molar-refractivity contribution is -0.125. The number of amides is 1. The minimum absolute atomic E-state index is 0.0687. The van der Waals surface area contributed by atoms with Crippen LogP contribution in [0.1, 0.15) is 37.5 Å². The first-order valence-electron chi connectivity index (χ1n) is 7.07. The van der Waals surface area contributed by atoms with Crippen molar-refractivity contribution >= 4 is 5.91 Å². The van der Waals surface area contributed by atoms with Crippen LogP contribution in [0.25, 0.3) is 0 Å². The minimum Gasteiger partial charge on any atom is -0.351 e. The van der Waals surface area contributed by atoms with Crippen LogP contribution >= 0.6 is 0 Å². The fourth-order valence-corrected chi connectivity index (χ4v) is 2.31. The highest BCUT2D eigenvalue weighted by molar-refractivity contribution is 5.81. The van der Waals surface area contributed by atoms with Crippen LogP contribution in [-0.2, 0) is 11.3 Å². The number of carbonyl (C=O) groups is 1. The van der Waals surface area contributed by atoms with Gasteiger partial charge in [-0.1, -0.05) is 37.6 Å². The molecule has 0 aliphatic rings. The molecule has 1 unspecified atom stereocenters. The molecule has 3 nitrogen and oxygen atoms in total. The molecule has 0 fully saturated rings. The molecule has 0 aromatic heterocycles. The fraction of sp³-hybridized carbons (Fsp3) is 0.562. The second-order valence-electron chi connectivity index (χ2n) is 5.04. The van der Waals surface area contributed by atoms with Gasteiger partial charge in [-0.2, -0.15) is 0 Å². The van der Waals surface area contributed by atoms with E-state index in [1.54, 1.807) is 0 Å². The van der Waals surface area contributed by atoms with E-state index in [1.165, 1.54) is 16.7 Å². The van der Waals surface area contributed by atoms with E-state index < -0.39 is 0 Å². The molecule has 0 saturated carbocycles. The van der Waals surface area contributed by atoms with Crippen LogP contribution in [0.2, 0.25) is 0 Å². The lowest BCUT2D eigenvalue weighted by Gasteiger charge is -2.25. The SMILES string of the molecule is CCN(CC)C(C)C(=O)NCc1ccc(C)cc1C. The average molecular weight is 262 g/mol. The van der Waals surface area contributed by atoms with E-state index >= 15 is 0 Å². The maximum Gasteiger partial charge on any atom is 0.237 e. The zero-order chi connectivity index (χ0) is 14.4. The second-order valence-corrected chi connectivity index (χ2v) is 5.04. The number of nitrogens with one attached hydrogen (secondary N) is 1. The number of aryl methyl sites for hydroxylation is 2. The standard InChI is InChI=1S/C16H26N2O/c1-6-18(7-2)14(5)16(19)17-11-15-9-8-12(3)10-13(15)4/h8-10,14H,6-7,11H2,1-5H3,(H,17,19). The summed E-state index contributed by atoms with van der Waals surface area (Å²) in [5.41, 5.74) is 3.67. The molecule has 1 aromatic carbocycles. The molecule has 19 heavy (non-hydrogen) atoms. The van der Waals surface area contributed by atoms with Gasteiger partial charge in [0.2, 0.25) is 5.91 Å². The highest BCUT2D eigenvalue weighted by Crippen LogP contribution is 2.10. The van der Waals surface area contributed by atoms with Gasteiger partial charge in [-0.15, -0.1) is 0 Å². The lowest BCUT2D eigenvalue weighted by Crippen LogP contribution is -2.44. The summed E-state index contributed by atoms with van der Waals surface area (Å²) in [7, 11) is 0. The van der Waals surface area contributed by atoms with Crippen LogP contribution in [0.15, 0.2) is 18.2 Å². The van der Waals surface area contributed by atoms with Gasteiger partial charge in [0, 0.05) is 6.54 Å². The Labute approximate surface area is 117 Å². The van der Waals surface area contributed by atoms with Gasteiger partial charge in [0.05, 0.1) is 6.04 Å². The van der Waals surface area contributed by atoms with Gasteiger partial charge >= 0.3 is 0 Å². The van der Waals surface area contributed by atoms with Crippen molar-refractivity contribution < 1.29 is 4.79 Å². The van der Waals surface area contributed by atoms with Crippen molar-refractivity contribution in [1.29, 1.82) is 0 Å². The van der Waals surface area contributed by atoms with Crippen molar-refractivity contribution in [3.8, 4) is 0 Å². The Hall–Kier alpha value is -1.35. The molecule has 1 rings (SSSR count). The van der Waals surface area contributed by atoms with E-state index in [2.05, 4.69) is 56.1 Å². The molecule has 0 bridgehead atoms. The molecule has 1 atom stereocenters. The monoisotopic (exact) mass is 262 g/mol. The smallest absolute Gasteiger partial charge is 0.237 e. The summed E-state index contributed by atoms with van der Waals surface area (Å²) < 4.78 is 0. The van der Waals surface area contributed by atoms with Crippen molar-refractivity contribution in [1.82, 2.24) is 10.2 Å². The summed E-state index contributed by atoms with van der Waals surface area (Å²) in [5.74, 6) is 0.101. The molecule has 1 aromatic rings. The van der Waals surface area contributed by atoms with Crippen LogP contribution in [0, 0.1) is 13.8 Å². The largest absolute Gasteiger partial charge is 0.351 e. The first kappa shape index (κ1) is 15.7. The van der Waals surface area contributed by atoms with Crippen molar-refractivity contribution in [3.63, 3.8) is 0 Å². The second kappa shape index (κ2) is 7.29. The summed E-state index contributed by atoms with van der Waals surface area (Å²) in [4.78, 5) is 14.3. The predicted octanol–water partition coefficient (Wildman–Crippen LogP) is 2.65. The summed E-state index contributed by atoms with van der Waals surface area (Å²) in [6, 6.07) is 6.26. The Morgan fingerprint density at radius 2 is 1.89 bits per heavy atom. The normalized spacial score (nSPS) is 12.5. The first-order chi connectivity index (χ1) is 8.99. The van der Waals surface area contributed by atoms with Crippen LogP contribution in [0.5, 0.6) is 0 Å². The number of hydrogen-bond donors (Lipinski definition) is 1. The highest BCUT2D eigenvalue weighted by Gasteiger charge is 2.18. The Morgan fingerprint density at radius 1 is 1.26 bits per heavy atom. The van der Waals surface area contributed by atoms with Crippen LogP contribution in [-0.4, -0.2) is 29.9 Å². The third kappa shape index (κ3) is 4.35. The number of rotatable bonds is 6. The zero-order valence-electron chi connectivity index (χ0n) is 12.8. The first-order valence-corrected chi connectivity index (χ1v) is 7.07. The number of likely N-dealkylation sites (N-methyl/N-ethyl adjacent to an activating group) is 1. The van der Waals surface area contributed by atoms with Gasteiger partial charge in [-0.25, -0.2) is 0 Å². The third-order valence-electron chi connectivity index (χ3n) is 3.69. The number of benzene rings is 1. The van der Waals surface area contributed by atoms with Crippen LogP contribution in [0.3, 0.4) is 0 Å². The maximum atomic E-state index is 12.1. The molecule has 1 N–H and O–H groups in total. The molecule has 0 spiro atoms. The minimum atomic E-state index is -0.0687. The molecule has 106 valence electrons. The third-order valence-corrected chi connectivity index (χ3v) is 3.69. The summed E-state index contributed by atoms with van der Waals surface area (Å²) in [6.45, 7) is 12.7. The van der Waals surface area contributed by atoms with Crippen molar-refractivity contribution in [3.05, 3.63) is 34.9 Å². The van der Waals surface area contributed by atoms with E-state index in [0.29, 0.717) is 6.54 Å². The van der Waals surface area contributed by atoms with Gasteiger partial charge in [-0.3, -0.25) is 9.69 Å². The van der Waals surface area contributed by atoms with E-state index in [-0.39, 0.29) is 11.9 Å². The Morgan fingerprint density at radius 3 is 2.42 bits per heavy atom. The average Bonchev–Trinajstić information content (AvgIpc) is 2.38. The molecule has 0 aliphatic carbocycles. The van der Waals surface area contributed by atoms with E-state index in [4.69, 9.17) is 0 Å². The maximum absolute atomic E-state index is 12.1. The molecule has 0 aliphatic heterocycles. The fourth-order valence-electron chi connectivity index (χ4n) is 2.31. The van der Waals surface area contributed by atoms with E-state index in [0.717, 1.165) is 13.1 Å². The topological polar surface area (TPSA) is 32.3 Å². The molecular formula is C16H26N2O. The van der Waals surface area contributed by atoms with Crippen molar-refractivity contribution in [2.75, 3.05) is 13.1 Å². The van der Waals surface area contributed by atoms with E-state index in [9.17, 15) is 4.79 Å². The molecule has 0 saturated heterocycles. The molecule has 0 heterocycles. The van der Waals surface area contributed by atoms with Gasteiger partial charge in [0.25, 0.3) is 0 Å². The summed E-state index contributed by atoms with van der Waals surface area (Å²) >= 11 is 0. The van der Waals surface area contributed by atoms with Gasteiger partial charge < -0.3 is 5.32 Å². The predicted molar refractivity (Wildman–Crippen MR) is 80.1 cm³/mol. The van der Waals surface area contributed by atoms with Gasteiger partial charge in [0.1, 0.15) is 0 Å². The van der Waals surface area contributed by atoms with Gasteiger partial charge in [-0.05, 0) is 45.0 Å². The Bertz CT molecular complexity index is 425. The number of nitrogens with zero attached hydrogens (tertiary/aromatic N) is 1. The van der Waals surface area contributed by atoms with E-state index in [1.807, 2.05) is 6.92 Å².